The molecule has 0 bridgehead atoms. The van der Waals surface area contributed by atoms with E-state index in [0.717, 1.165) is 36.8 Å². The number of carbonyl (C=O) groups is 2. The Morgan fingerprint density at radius 3 is 2.61 bits per heavy atom. The number of aliphatic carboxylic acids is 1. The Hall–Kier alpha value is -3.21. The van der Waals surface area contributed by atoms with E-state index < -0.39 is 23.5 Å². The van der Waals surface area contributed by atoms with Gasteiger partial charge in [-0.05, 0) is 42.0 Å². The lowest BCUT2D eigenvalue weighted by Crippen LogP contribution is -2.35. The number of carbonyl (C=O) groups excluding carboxylic acids is 1. The van der Waals surface area contributed by atoms with Gasteiger partial charge in [-0.1, -0.05) is 19.8 Å². The van der Waals surface area contributed by atoms with E-state index in [4.69, 9.17) is 9.84 Å². The van der Waals surface area contributed by atoms with Crippen molar-refractivity contribution in [3.8, 4) is 5.75 Å². The van der Waals surface area contributed by atoms with Gasteiger partial charge < -0.3 is 9.84 Å². The smallest absolute Gasteiger partial charge is 0.345 e. The van der Waals surface area contributed by atoms with Gasteiger partial charge in [0.1, 0.15) is 11.9 Å². The highest BCUT2D eigenvalue weighted by Gasteiger charge is 2.19. The molecule has 0 atom stereocenters. The van der Waals surface area contributed by atoms with Crippen LogP contribution in [0.1, 0.15) is 26.2 Å². The van der Waals surface area contributed by atoms with Gasteiger partial charge in [0.25, 0.3) is 0 Å². The van der Waals surface area contributed by atoms with Crippen LogP contribution in [0, 0.1) is 10.1 Å². The van der Waals surface area contributed by atoms with Crippen LogP contribution in [0.15, 0.2) is 30.5 Å². The first-order valence-corrected chi connectivity index (χ1v) is 9.35. The maximum atomic E-state index is 12.7. The molecule has 1 aromatic carbocycles. The Morgan fingerprint density at radius 1 is 1.32 bits per heavy atom. The number of nitrogens with one attached hydrogen (secondary N) is 1. The summed E-state index contributed by atoms with van der Waals surface area (Å²) in [5.74, 6) is -0.710. The van der Waals surface area contributed by atoms with Gasteiger partial charge in [-0.25, -0.2) is 14.6 Å². The number of carboxylic acids is 1. The van der Waals surface area contributed by atoms with Crippen LogP contribution in [0.4, 0.5) is 20.6 Å². The molecular weight excluding hydrogens is 388 g/mol. The maximum absolute atomic E-state index is 12.7. The molecule has 2 rings (SSSR count). The summed E-state index contributed by atoms with van der Waals surface area (Å²) in [5, 5.41) is 22.0. The monoisotopic (exact) mass is 408 g/mol. The lowest BCUT2D eigenvalue weighted by molar-refractivity contribution is -0.380. The number of urea groups is 1. The number of benzene rings is 1. The van der Waals surface area contributed by atoms with E-state index in [1.54, 1.807) is 24.3 Å². The van der Waals surface area contributed by atoms with Crippen molar-refractivity contribution in [1.82, 2.24) is 4.98 Å². The van der Waals surface area contributed by atoms with Gasteiger partial charge in [-0.2, -0.15) is 0 Å². The van der Waals surface area contributed by atoms with Gasteiger partial charge in [-0.3, -0.25) is 20.3 Å². The standard InChI is InChI=1S/C17H20N4O6S/c1-2-3-4-9-20(12-5-7-13(8-6-12)27-11-15(22)23)17(24)19-16-18-10-14(28-16)21(25)26/h5-8,10H,2-4,9,11H2,1H3,(H,22,23)(H,18,19,24). The van der Waals surface area contributed by atoms with Gasteiger partial charge in [0.15, 0.2) is 11.7 Å². The number of nitrogens with zero attached hydrogens (tertiary/aromatic N) is 3. The molecule has 2 aromatic rings. The van der Waals surface area contributed by atoms with E-state index in [0.29, 0.717) is 18.0 Å². The molecule has 150 valence electrons. The fourth-order valence-electron chi connectivity index (χ4n) is 2.30. The van der Waals surface area contributed by atoms with Crippen molar-refractivity contribution in [3.05, 3.63) is 40.6 Å². The summed E-state index contributed by atoms with van der Waals surface area (Å²) >= 11 is 0.778. The molecular formula is C17H20N4O6S. The van der Waals surface area contributed by atoms with Crippen LogP contribution in [-0.4, -0.2) is 40.2 Å². The van der Waals surface area contributed by atoms with Crippen molar-refractivity contribution < 1.29 is 24.4 Å². The molecule has 0 aliphatic rings. The third-order valence-corrected chi connectivity index (χ3v) is 4.49. The summed E-state index contributed by atoms with van der Waals surface area (Å²) in [6.45, 7) is 2.04. The number of nitro groups is 1. The van der Waals surface area contributed by atoms with E-state index in [2.05, 4.69) is 10.3 Å². The highest BCUT2D eigenvalue weighted by Crippen LogP contribution is 2.26. The Bertz CT molecular complexity index is 823. The molecule has 1 aromatic heterocycles. The summed E-state index contributed by atoms with van der Waals surface area (Å²) < 4.78 is 5.09. The molecule has 2 amide bonds. The number of rotatable bonds is 10. The average molecular weight is 408 g/mol. The normalized spacial score (nSPS) is 10.3. The molecule has 2 N–H and O–H groups in total. The first-order valence-electron chi connectivity index (χ1n) is 8.54. The summed E-state index contributed by atoms with van der Waals surface area (Å²) in [6.07, 6.45) is 3.79. The minimum Gasteiger partial charge on any atom is -0.482 e. The molecule has 0 aliphatic carbocycles. The van der Waals surface area contributed by atoms with Gasteiger partial charge in [-0.15, -0.1) is 0 Å². The Morgan fingerprint density at radius 2 is 2.04 bits per heavy atom. The minimum absolute atomic E-state index is 0.138. The SMILES string of the molecule is CCCCCN(C(=O)Nc1ncc([N+](=O)[O-])s1)c1ccc(OCC(=O)O)cc1. The molecule has 10 nitrogen and oxygen atoms in total. The van der Waals surface area contributed by atoms with E-state index >= 15 is 0 Å². The van der Waals surface area contributed by atoms with Crippen molar-refractivity contribution >= 4 is 39.2 Å². The molecule has 0 unspecified atom stereocenters. The predicted octanol–water partition coefficient (Wildman–Crippen LogP) is 3.74. The molecule has 0 fully saturated rings. The topological polar surface area (TPSA) is 135 Å². The third kappa shape index (κ3) is 6.20. The number of ether oxygens (including phenoxy) is 1. The predicted molar refractivity (Wildman–Crippen MR) is 104 cm³/mol. The summed E-state index contributed by atoms with van der Waals surface area (Å²) in [6, 6.07) is 5.98. The highest BCUT2D eigenvalue weighted by atomic mass is 32.1. The lowest BCUT2D eigenvalue weighted by atomic mass is 10.2. The Kier molecular flexibility index (Phi) is 7.69. The number of thiazole rings is 1. The van der Waals surface area contributed by atoms with Gasteiger partial charge >= 0.3 is 17.0 Å². The summed E-state index contributed by atoms with van der Waals surface area (Å²) in [7, 11) is 0. The van der Waals surface area contributed by atoms with Crippen molar-refractivity contribution in [2.75, 3.05) is 23.4 Å². The quantitative estimate of drug-likeness (QED) is 0.347. The van der Waals surface area contributed by atoms with Crippen LogP contribution in [0.3, 0.4) is 0 Å². The number of unbranched alkanes of at least 4 members (excludes halogenated alkanes) is 2. The van der Waals surface area contributed by atoms with Gasteiger partial charge in [0.05, 0.1) is 4.92 Å². The van der Waals surface area contributed by atoms with Crippen molar-refractivity contribution in [1.29, 1.82) is 0 Å². The second-order valence-electron chi connectivity index (χ2n) is 5.73. The summed E-state index contributed by atoms with van der Waals surface area (Å²) in [5.41, 5.74) is 0.585. The Balaban J connectivity index is 2.11. The van der Waals surface area contributed by atoms with Crippen LogP contribution >= 0.6 is 11.3 Å². The average Bonchev–Trinajstić information content (AvgIpc) is 3.13. The first kappa shape index (κ1) is 21.1. The summed E-state index contributed by atoms with van der Waals surface area (Å²) in [4.78, 5) is 38.8. The van der Waals surface area contributed by atoms with E-state index in [9.17, 15) is 19.7 Å². The van der Waals surface area contributed by atoms with Crippen LogP contribution < -0.4 is 15.0 Å². The first-order chi connectivity index (χ1) is 13.4. The van der Waals surface area contributed by atoms with Crippen molar-refractivity contribution in [2.24, 2.45) is 0 Å². The van der Waals surface area contributed by atoms with Crippen LogP contribution in [0.5, 0.6) is 5.75 Å². The van der Waals surface area contributed by atoms with E-state index in [1.807, 2.05) is 6.92 Å². The second-order valence-corrected chi connectivity index (χ2v) is 6.74. The highest BCUT2D eigenvalue weighted by molar-refractivity contribution is 7.18. The second kappa shape index (κ2) is 10.2. The fourth-order valence-corrected chi connectivity index (χ4v) is 2.92. The van der Waals surface area contributed by atoms with Gasteiger partial charge in [0, 0.05) is 12.2 Å². The molecule has 11 heteroatoms. The molecule has 0 radical (unpaired) electrons. The number of carboxylic acid groups (broad SMARTS) is 1. The van der Waals surface area contributed by atoms with E-state index in [1.165, 1.54) is 4.90 Å². The van der Waals surface area contributed by atoms with Crippen LogP contribution in [-0.2, 0) is 4.79 Å². The number of amides is 2. The molecule has 0 spiro atoms. The molecule has 1 heterocycles. The zero-order valence-corrected chi connectivity index (χ0v) is 16.0. The zero-order chi connectivity index (χ0) is 20.5. The van der Waals surface area contributed by atoms with Crippen LogP contribution in [0.2, 0.25) is 0 Å². The number of anilines is 2. The molecule has 0 aliphatic heterocycles. The molecule has 28 heavy (non-hydrogen) atoms. The largest absolute Gasteiger partial charge is 0.482 e. The fraction of sp³-hybridized carbons (Fsp3) is 0.353. The molecule has 0 saturated heterocycles. The minimum atomic E-state index is -1.08. The third-order valence-electron chi connectivity index (χ3n) is 3.63. The van der Waals surface area contributed by atoms with Crippen LogP contribution in [0.25, 0.3) is 0 Å². The number of hydrogen-bond donors (Lipinski definition) is 2. The maximum Gasteiger partial charge on any atom is 0.345 e. The number of aromatic nitrogens is 1. The van der Waals surface area contributed by atoms with E-state index in [-0.39, 0.29) is 10.1 Å². The zero-order valence-electron chi connectivity index (χ0n) is 15.2. The Labute approximate surface area is 164 Å². The van der Waals surface area contributed by atoms with Crippen molar-refractivity contribution in [2.45, 2.75) is 26.2 Å². The van der Waals surface area contributed by atoms with Crippen molar-refractivity contribution in [3.63, 3.8) is 0 Å². The van der Waals surface area contributed by atoms with Gasteiger partial charge in [0.2, 0.25) is 0 Å². The lowest BCUT2D eigenvalue weighted by Gasteiger charge is -2.23. The molecule has 0 saturated carbocycles. The number of hydrogen-bond acceptors (Lipinski definition) is 7.